The topological polar surface area (TPSA) is 0 Å². The van der Waals surface area contributed by atoms with Crippen molar-refractivity contribution >= 4 is 33.2 Å². The summed E-state index contributed by atoms with van der Waals surface area (Å²) in [4.78, 5) is 0. The van der Waals surface area contributed by atoms with Gasteiger partial charge in [0.25, 0.3) is 0 Å². The second-order valence-corrected chi connectivity index (χ2v) is 7.06. The fraction of sp³-hybridized carbons (Fsp3) is 1.00. The van der Waals surface area contributed by atoms with E-state index in [1.807, 2.05) is 0 Å². The molecule has 0 saturated heterocycles. The number of hydrogen-bond donors (Lipinski definition) is 0. The van der Waals surface area contributed by atoms with Crippen molar-refractivity contribution < 1.29 is 0 Å². The Hall–Kier alpha value is 1.16. The Morgan fingerprint density at radius 3 is 1.61 bits per heavy atom. The molecule has 0 N–H and O–H groups in total. The maximum atomic E-state index is 2.94. The highest BCUT2D eigenvalue weighted by Gasteiger charge is 2.30. The minimum Gasteiger partial charge on any atom is -0.137 e. The molecule has 0 spiro atoms. The fourth-order valence-corrected chi connectivity index (χ4v) is 4.72. The summed E-state index contributed by atoms with van der Waals surface area (Å²) < 4.78 is 0. The summed E-state index contributed by atoms with van der Waals surface area (Å²) in [7, 11) is 2.94. The molecule has 0 heterocycles. The summed E-state index contributed by atoms with van der Waals surface area (Å²) in [5, 5.41) is 0. The third-order valence-electron chi connectivity index (χ3n) is 5.48. The van der Waals surface area contributed by atoms with Crippen molar-refractivity contribution in [3.05, 3.63) is 0 Å². The van der Waals surface area contributed by atoms with Crippen molar-refractivity contribution in [2.24, 2.45) is 23.7 Å². The van der Waals surface area contributed by atoms with Gasteiger partial charge in [0, 0.05) is 0 Å². The van der Waals surface area contributed by atoms with Crippen LogP contribution in [0.25, 0.3) is 0 Å². The third-order valence-corrected chi connectivity index (χ3v) is 6.15. The molecule has 2 saturated carbocycles. The molecule has 0 aromatic heterocycles. The van der Waals surface area contributed by atoms with E-state index in [0.29, 0.717) is 0 Å². The predicted octanol–water partition coefficient (Wildman–Crippen LogP) is 5.89. The van der Waals surface area contributed by atoms with Gasteiger partial charge in [-0.25, -0.2) is 0 Å². The lowest BCUT2D eigenvalue weighted by Gasteiger charge is -2.37. The molecule has 108 valence electrons. The lowest BCUT2D eigenvalue weighted by Crippen LogP contribution is -2.26. The maximum Gasteiger partial charge on any atom is -0.0353 e. The smallest absolute Gasteiger partial charge is 0.0353 e. The largest absolute Gasteiger partial charge is 0.137 e. The van der Waals surface area contributed by atoms with Gasteiger partial charge in [0.05, 0.1) is 0 Å². The lowest BCUT2D eigenvalue weighted by molar-refractivity contribution is 0.148. The average Bonchev–Trinajstić information content (AvgIpc) is 2.40. The van der Waals surface area contributed by atoms with Gasteiger partial charge in [-0.2, -0.15) is 0 Å². The van der Waals surface area contributed by atoms with Crippen LogP contribution in [-0.2, 0) is 0 Å². The quantitative estimate of drug-likeness (QED) is 0.420. The molecule has 1 unspecified atom stereocenters. The molecule has 0 aromatic carbocycles. The molecule has 2 heteroatoms. The van der Waals surface area contributed by atoms with Crippen LogP contribution < -0.4 is 0 Å². The van der Waals surface area contributed by atoms with Crippen molar-refractivity contribution in [2.75, 3.05) is 6.16 Å². The average molecular weight is 382 g/mol. The zero-order chi connectivity index (χ0) is 12.1. The molecule has 2 fully saturated rings. The molecule has 2 aliphatic rings. The van der Waals surface area contributed by atoms with E-state index in [1.54, 1.807) is 38.5 Å². The Labute approximate surface area is 134 Å². The summed E-state index contributed by atoms with van der Waals surface area (Å²) in [5.74, 6) is 4.33. The first kappa shape index (κ1) is 17.2. The van der Waals surface area contributed by atoms with Gasteiger partial charge in [-0.3, -0.25) is 0 Å². The summed E-state index contributed by atoms with van der Waals surface area (Å²) in [6, 6.07) is 0. The Morgan fingerprint density at radius 1 is 0.778 bits per heavy atom. The Morgan fingerprint density at radius 2 is 1.22 bits per heavy atom. The first-order valence-corrected chi connectivity index (χ1v) is 8.85. The van der Waals surface area contributed by atoms with Crippen LogP contribution in [0, 0.1) is 23.7 Å². The van der Waals surface area contributed by atoms with Gasteiger partial charge < -0.3 is 0 Å². The summed E-state index contributed by atoms with van der Waals surface area (Å²) in [5.41, 5.74) is 0. The third kappa shape index (κ3) is 4.93. The van der Waals surface area contributed by atoms with E-state index >= 15 is 0 Å². The van der Waals surface area contributed by atoms with Crippen LogP contribution in [0.3, 0.4) is 0 Å². The molecular formula is C16H32IP. The van der Waals surface area contributed by atoms with Crippen LogP contribution in [0.15, 0.2) is 0 Å². The lowest BCUT2D eigenvalue weighted by atomic mass is 9.69. The Balaban J connectivity index is 0.00000162. The predicted molar refractivity (Wildman–Crippen MR) is 95.8 cm³/mol. The van der Waals surface area contributed by atoms with Crippen LogP contribution in [0.5, 0.6) is 0 Å². The van der Waals surface area contributed by atoms with Gasteiger partial charge in [-0.05, 0) is 68.4 Å². The maximum absolute atomic E-state index is 2.94. The highest BCUT2D eigenvalue weighted by Crippen LogP contribution is 2.42. The molecule has 0 aromatic rings. The normalized spacial score (nSPS) is 37.0. The van der Waals surface area contributed by atoms with Gasteiger partial charge >= 0.3 is 0 Å². The van der Waals surface area contributed by atoms with Crippen molar-refractivity contribution in [3.63, 3.8) is 0 Å². The van der Waals surface area contributed by atoms with Gasteiger partial charge in [-0.1, -0.05) is 32.6 Å². The first-order chi connectivity index (χ1) is 8.33. The van der Waals surface area contributed by atoms with Crippen LogP contribution in [0.4, 0.5) is 0 Å². The standard InChI is InChI=1S/C16H31P.HI/c1-2-3-13-4-8-15(9-5-13)16-10-6-14(12-17)7-11-16;/h13-16H,2-12,17H2,1H3;1H. The van der Waals surface area contributed by atoms with Crippen LogP contribution in [-0.4, -0.2) is 6.16 Å². The van der Waals surface area contributed by atoms with Gasteiger partial charge in [0.1, 0.15) is 0 Å². The monoisotopic (exact) mass is 382 g/mol. The van der Waals surface area contributed by atoms with Gasteiger partial charge in [0.15, 0.2) is 0 Å². The second-order valence-electron chi connectivity index (χ2n) is 6.59. The van der Waals surface area contributed by atoms with Crippen LogP contribution >= 0.6 is 33.2 Å². The minimum absolute atomic E-state index is 0. The zero-order valence-corrected chi connectivity index (χ0v) is 15.6. The van der Waals surface area contributed by atoms with E-state index in [2.05, 4.69) is 16.2 Å². The van der Waals surface area contributed by atoms with Gasteiger partial charge in [-0.15, -0.1) is 33.2 Å². The van der Waals surface area contributed by atoms with E-state index < -0.39 is 0 Å². The molecule has 2 aliphatic carbocycles. The number of halogens is 1. The summed E-state index contributed by atoms with van der Waals surface area (Å²) >= 11 is 0. The van der Waals surface area contributed by atoms with Crippen LogP contribution in [0.2, 0.25) is 0 Å². The molecule has 0 radical (unpaired) electrons. The number of hydrogen-bond acceptors (Lipinski definition) is 0. The van der Waals surface area contributed by atoms with Crippen molar-refractivity contribution in [1.29, 1.82) is 0 Å². The molecule has 1 atom stereocenters. The van der Waals surface area contributed by atoms with Crippen molar-refractivity contribution in [2.45, 2.75) is 71.1 Å². The Bertz CT molecular complexity index is 203. The molecular weight excluding hydrogens is 350 g/mol. The van der Waals surface area contributed by atoms with E-state index in [0.717, 1.165) is 23.7 Å². The van der Waals surface area contributed by atoms with Gasteiger partial charge in [0.2, 0.25) is 0 Å². The molecule has 0 nitrogen and oxygen atoms in total. The molecule has 18 heavy (non-hydrogen) atoms. The summed E-state index contributed by atoms with van der Waals surface area (Å²) in [6.45, 7) is 2.34. The van der Waals surface area contributed by atoms with Crippen molar-refractivity contribution in [3.8, 4) is 0 Å². The van der Waals surface area contributed by atoms with E-state index in [4.69, 9.17) is 0 Å². The highest BCUT2D eigenvalue weighted by molar-refractivity contribution is 14.0. The Kier molecular flexibility index (Phi) is 8.76. The van der Waals surface area contributed by atoms with Crippen LogP contribution in [0.1, 0.15) is 71.1 Å². The summed E-state index contributed by atoms with van der Waals surface area (Å²) in [6.07, 6.45) is 16.6. The highest BCUT2D eigenvalue weighted by atomic mass is 127. The molecule has 0 amide bonds. The molecule has 2 rings (SSSR count). The van der Waals surface area contributed by atoms with E-state index in [1.165, 1.54) is 31.8 Å². The second kappa shape index (κ2) is 9.16. The fourth-order valence-electron chi connectivity index (χ4n) is 4.25. The van der Waals surface area contributed by atoms with E-state index in [-0.39, 0.29) is 24.0 Å². The number of rotatable bonds is 4. The first-order valence-electron chi connectivity index (χ1n) is 8.03. The molecule has 0 bridgehead atoms. The minimum atomic E-state index is 0. The zero-order valence-electron chi connectivity index (χ0n) is 12.1. The van der Waals surface area contributed by atoms with E-state index in [9.17, 15) is 0 Å². The molecule has 0 aliphatic heterocycles. The van der Waals surface area contributed by atoms with Crippen molar-refractivity contribution in [1.82, 2.24) is 0 Å². The SMILES string of the molecule is CCCC1CCC(C2CCC(CP)CC2)CC1.I.